The Kier molecular flexibility index (Phi) is 5.48. The molecular formula is C15H19ClIN3O. The number of rotatable bonds is 5. The molecule has 1 aromatic carbocycles. The maximum Gasteiger partial charge on any atom is 0.243 e. The van der Waals surface area contributed by atoms with Gasteiger partial charge in [0, 0.05) is 21.9 Å². The van der Waals surface area contributed by atoms with E-state index in [1.54, 1.807) is 0 Å². The van der Waals surface area contributed by atoms with Gasteiger partial charge in [0.2, 0.25) is 5.91 Å². The third kappa shape index (κ3) is 3.69. The van der Waals surface area contributed by atoms with Crippen LogP contribution < -0.4 is 5.32 Å². The Hall–Kier alpha value is -0.820. The minimum absolute atomic E-state index is 0.00123. The minimum Gasteiger partial charge on any atom is -0.352 e. The molecule has 0 fully saturated rings. The molecule has 0 aliphatic rings. The highest BCUT2D eigenvalue weighted by atomic mass is 127. The zero-order chi connectivity index (χ0) is 15.6. The van der Waals surface area contributed by atoms with Crippen LogP contribution in [0, 0.1) is 3.57 Å². The van der Waals surface area contributed by atoms with Gasteiger partial charge in [-0.3, -0.25) is 4.79 Å². The fourth-order valence-electron chi connectivity index (χ4n) is 2.34. The van der Waals surface area contributed by atoms with Crippen molar-refractivity contribution in [3.63, 3.8) is 0 Å². The number of carbonyl (C=O) groups excluding carboxylic acids is 1. The molecule has 2 rings (SSSR count). The molecule has 0 spiro atoms. The Morgan fingerprint density at radius 2 is 2.14 bits per heavy atom. The van der Waals surface area contributed by atoms with E-state index in [2.05, 4.69) is 32.9 Å². The van der Waals surface area contributed by atoms with Crippen LogP contribution in [0.2, 0.25) is 0 Å². The number of nitrogens with zero attached hydrogens (tertiary/aromatic N) is 2. The van der Waals surface area contributed by atoms with E-state index >= 15 is 0 Å². The molecule has 4 nitrogen and oxygen atoms in total. The number of halogens is 2. The topological polar surface area (TPSA) is 46.9 Å². The summed E-state index contributed by atoms with van der Waals surface area (Å²) in [7, 11) is 0. The second-order valence-electron chi connectivity index (χ2n) is 5.31. The Morgan fingerprint density at radius 3 is 2.76 bits per heavy atom. The van der Waals surface area contributed by atoms with E-state index in [1.165, 1.54) is 0 Å². The highest BCUT2D eigenvalue weighted by Crippen LogP contribution is 2.24. The molecule has 0 saturated heterocycles. The molecule has 1 amide bonds. The molecule has 1 atom stereocenters. The van der Waals surface area contributed by atoms with Crippen molar-refractivity contribution in [1.82, 2.24) is 14.9 Å². The van der Waals surface area contributed by atoms with Crippen LogP contribution in [0.4, 0.5) is 0 Å². The van der Waals surface area contributed by atoms with Gasteiger partial charge >= 0.3 is 0 Å². The van der Waals surface area contributed by atoms with Gasteiger partial charge in [0.25, 0.3) is 0 Å². The van der Waals surface area contributed by atoms with Gasteiger partial charge < -0.3 is 9.88 Å². The van der Waals surface area contributed by atoms with Crippen molar-refractivity contribution < 1.29 is 4.79 Å². The van der Waals surface area contributed by atoms with Crippen molar-refractivity contribution in [3.8, 4) is 0 Å². The van der Waals surface area contributed by atoms with Crippen LogP contribution in [0.1, 0.15) is 32.6 Å². The SMILES string of the molecule is CC(C)NC(=O)C(C)n1c(CCCl)nc2cc(I)ccc21. The molecule has 0 radical (unpaired) electrons. The lowest BCUT2D eigenvalue weighted by Gasteiger charge is -2.18. The first-order chi connectivity index (χ1) is 9.93. The molecule has 1 heterocycles. The molecule has 0 aliphatic carbocycles. The largest absolute Gasteiger partial charge is 0.352 e. The van der Waals surface area contributed by atoms with Crippen LogP contribution in [-0.4, -0.2) is 27.4 Å². The summed E-state index contributed by atoms with van der Waals surface area (Å²) in [4.78, 5) is 17.0. The van der Waals surface area contributed by atoms with Crippen LogP contribution in [0.3, 0.4) is 0 Å². The highest BCUT2D eigenvalue weighted by molar-refractivity contribution is 14.1. The minimum atomic E-state index is -0.310. The molecule has 114 valence electrons. The second kappa shape index (κ2) is 6.96. The number of amides is 1. The Bertz CT molecular complexity index is 654. The number of aryl methyl sites for hydroxylation is 1. The second-order valence-corrected chi connectivity index (χ2v) is 6.93. The van der Waals surface area contributed by atoms with E-state index in [1.807, 2.05) is 43.5 Å². The summed E-state index contributed by atoms with van der Waals surface area (Å²) in [6.07, 6.45) is 0.645. The van der Waals surface area contributed by atoms with Crippen LogP contribution >= 0.6 is 34.2 Å². The maximum atomic E-state index is 12.3. The molecular weight excluding hydrogens is 401 g/mol. The number of nitrogens with one attached hydrogen (secondary N) is 1. The van der Waals surface area contributed by atoms with E-state index in [9.17, 15) is 4.79 Å². The number of alkyl halides is 1. The number of hydrogen-bond acceptors (Lipinski definition) is 2. The summed E-state index contributed by atoms with van der Waals surface area (Å²) in [5, 5.41) is 2.95. The predicted octanol–water partition coefficient (Wildman–Crippen LogP) is 3.51. The average molecular weight is 420 g/mol. The zero-order valence-corrected chi connectivity index (χ0v) is 15.3. The van der Waals surface area contributed by atoms with Gasteiger partial charge in [-0.1, -0.05) is 0 Å². The normalized spacial score (nSPS) is 12.9. The van der Waals surface area contributed by atoms with Gasteiger partial charge in [-0.05, 0) is 61.6 Å². The number of aromatic nitrogens is 2. The lowest BCUT2D eigenvalue weighted by Crippen LogP contribution is -2.36. The highest BCUT2D eigenvalue weighted by Gasteiger charge is 2.21. The molecule has 0 saturated carbocycles. The van der Waals surface area contributed by atoms with E-state index in [4.69, 9.17) is 11.6 Å². The zero-order valence-electron chi connectivity index (χ0n) is 12.4. The maximum absolute atomic E-state index is 12.3. The average Bonchev–Trinajstić information content (AvgIpc) is 2.74. The fraction of sp³-hybridized carbons (Fsp3) is 0.467. The van der Waals surface area contributed by atoms with Crippen LogP contribution in [0.25, 0.3) is 11.0 Å². The lowest BCUT2D eigenvalue weighted by atomic mass is 10.2. The van der Waals surface area contributed by atoms with Crippen molar-refractivity contribution in [2.75, 3.05) is 5.88 Å². The summed E-state index contributed by atoms with van der Waals surface area (Å²) in [6.45, 7) is 5.81. The summed E-state index contributed by atoms with van der Waals surface area (Å²) >= 11 is 8.14. The summed E-state index contributed by atoms with van der Waals surface area (Å²) in [6, 6.07) is 5.87. The van der Waals surface area contributed by atoms with Gasteiger partial charge in [-0.2, -0.15) is 0 Å². The molecule has 2 aromatic rings. The van der Waals surface area contributed by atoms with Crippen molar-refractivity contribution in [3.05, 3.63) is 27.6 Å². The third-order valence-corrected chi connectivity index (χ3v) is 4.10. The van der Waals surface area contributed by atoms with Crippen LogP contribution in [-0.2, 0) is 11.2 Å². The summed E-state index contributed by atoms with van der Waals surface area (Å²) in [5.41, 5.74) is 1.88. The number of hydrogen-bond donors (Lipinski definition) is 1. The van der Waals surface area contributed by atoms with Gasteiger partial charge in [0.05, 0.1) is 11.0 Å². The first-order valence-corrected chi connectivity index (χ1v) is 8.58. The Labute approximate surface area is 143 Å². The van der Waals surface area contributed by atoms with Gasteiger partial charge in [0.1, 0.15) is 11.9 Å². The lowest BCUT2D eigenvalue weighted by molar-refractivity contribution is -0.124. The van der Waals surface area contributed by atoms with Crippen molar-refractivity contribution >= 4 is 51.1 Å². The summed E-state index contributed by atoms with van der Waals surface area (Å²) < 4.78 is 3.12. The first-order valence-electron chi connectivity index (χ1n) is 6.96. The van der Waals surface area contributed by atoms with Gasteiger partial charge in [-0.25, -0.2) is 4.98 Å². The van der Waals surface area contributed by atoms with Gasteiger partial charge in [0.15, 0.2) is 0 Å². The molecule has 6 heteroatoms. The number of fused-ring (bicyclic) bond motifs is 1. The quantitative estimate of drug-likeness (QED) is 0.595. The molecule has 0 aliphatic heterocycles. The fourth-order valence-corrected chi connectivity index (χ4v) is 2.98. The predicted molar refractivity (Wildman–Crippen MR) is 94.9 cm³/mol. The Balaban J connectivity index is 2.49. The van der Waals surface area contributed by atoms with E-state index < -0.39 is 0 Å². The third-order valence-electron chi connectivity index (χ3n) is 3.24. The monoisotopic (exact) mass is 419 g/mol. The van der Waals surface area contributed by atoms with Crippen molar-refractivity contribution in [2.24, 2.45) is 0 Å². The summed E-state index contributed by atoms with van der Waals surface area (Å²) in [5.74, 6) is 1.34. The van der Waals surface area contributed by atoms with Crippen molar-refractivity contribution in [2.45, 2.75) is 39.3 Å². The van der Waals surface area contributed by atoms with E-state index in [0.717, 1.165) is 20.4 Å². The number of imidazole rings is 1. The molecule has 21 heavy (non-hydrogen) atoms. The Morgan fingerprint density at radius 1 is 1.43 bits per heavy atom. The van der Waals surface area contributed by atoms with Gasteiger partial charge in [-0.15, -0.1) is 11.6 Å². The first kappa shape index (κ1) is 16.5. The van der Waals surface area contributed by atoms with Crippen LogP contribution in [0.15, 0.2) is 18.2 Å². The molecule has 0 bridgehead atoms. The molecule has 1 N–H and O–H groups in total. The standard InChI is InChI=1S/C15H19ClIN3O/c1-9(2)18-15(21)10(3)20-13-5-4-11(17)8-12(13)19-14(20)6-7-16/h4-5,8-10H,6-7H2,1-3H3,(H,18,21). The smallest absolute Gasteiger partial charge is 0.243 e. The molecule has 1 aromatic heterocycles. The van der Waals surface area contributed by atoms with E-state index in [-0.39, 0.29) is 18.0 Å². The van der Waals surface area contributed by atoms with E-state index in [0.29, 0.717) is 12.3 Å². The molecule has 1 unspecified atom stereocenters. The number of carbonyl (C=O) groups is 1. The van der Waals surface area contributed by atoms with Crippen molar-refractivity contribution in [1.29, 1.82) is 0 Å². The number of benzene rings is 1. The van der Waals surface area contributed by atoms with Crippen LogP contribution in [0.5, 0.6) is 0 Å².